The molecule has 7 heteroatoms. The first-order valence-corrected chi connectivity index (χ1v) is 8.38. The van der Waals surface area contributed by atoms with Gasteiger partial charge in [-0.3, -0.25) is 0 Å². The van der Waals surface area contributed by atoms with E-state index in [4.69, 9.17) is 23.2 Å². The van der Waals surface area contributed by atoms with E-state index in [9.17, 15) is 8.42 Å². The van der Waals surface area contributed by atoms with Crippen LogP contribution in [0.25, 0.3) is 0 Å². The van der Waals surface area contributed by atoms with Gasteiger partial charge in [-0.2, -0.15) is 4.31 Å². The van der Waals surface area contributed by atoms with Gasteiger partial charge < -0.3 is 5.32 Å². The Morgan fingerprint density at radius 2 is 1.89 bits per heavy atom. The van der Waals surface area contributed by atoms with Gasteiger partial charge in [0.05, 0.1) is 10.0 Å². The van der Waals surface area contributed by atoms with Crippen LogP contribution in [-0.4, -0.2) is 38.4 Å². The highest BCUT2D eigenvalue weighted by Gasteiger charge is 2.44. The molecule has 3 rings (SSSR count). The van der Waals surface area contributed by atoms with Crippen molar-refractivity contribution in [2.45, 2.75) is 17.4 Å². The molecule has 1 N–H and O–H groups in total. The number of hydrogen-bond acceptors (Lipinski definition) is 3. The van der Waals surface area contributed by atoms with Gasteiger partial charge in [-0.15, -0.1) is 0 Å². The molecule has 2 aliphatic heterocycles. The van der Waals surface area contributed by atoms with E-state index in [2.05, 4.69) is 5.32 Å². The molecule has 0 bridgehead atoms. The van der Waals surface area contributed by atoms with Crippen LogP contribution in [0, 0.1) is 5.92 Å². The van der Waals surface area contributed by atoms with Crippen molar-refractivity contribution in [2.24, 2.45) is 5.92 Å². The van der Waals surface area contributed by atoms with Gasteiger partial charge in [0.1, 0.15) is 4.90 Å². The van der Waals surface area contributed by atoms with Crippen molar-refractivity contribution >= 4 is 33.2 Å². The number of rotatable bonds is 2. The van der Waals surface area contributed by atoms with Crippen LogP contribution in [0.15, 0.2) is 23.1 Å². The van der Waals surface area contributed by atoms with Gasteiger partial charge in [0.25, 0.3) is 0 Å². The minimum absolute atomic E-state index is 0.0253. The maximum absolute atomic E-state index is 12.7. The molecule has 0 spiro atoms. The Morgan fingerprint density at radius 1 is 1.21 bits per heavy atom. The predicted octanol–water partition coefficient (Wildman–Crippen LogP) is 1.98. The third-order valence-corrected chi connectivity index (χ3v) is 6.76. The summed E-state index contributed by atoms with van der Waals surface area (Å²) in [7, 11) is -3.62. The fourth-order valence-electron chi connectivity index (χ4n) is 2.95. The monoisotopic (exact) mass is 320 g/mol. The van der Waals surface area contributed by atoms with Crippen LogP contribution >= 0.6 is 23.2 Å². The van der Waals surface area contributed by atoms with Crippen LogP contribution in [0.5, 0.6) is 0 Å². The van der Waals surface area contributed by atoms with Gasteiger partial charge in [0, 0.05) is 19.1 Å². The second-order valence-corrected chi connectivity index (χ2v) is 7.58. The second kappa shape index (κ2) is 4.90. The summed E-state index contributed by atoms with van der Waals surface area (Å²) in [5.41, 5.74) is 0. The lowest BCUT2D eigenvalue weighted by atomic mass is 10.1. The zero-order valence-corrected chi connectivity index (χ0v) is 12.5. The molecule has 4 nitrogen and oxygen atoms in total. The van der Waals surface area contributed by atoms with Crippen LogP contribution in [-0.2, 0) is 10.0 Å². The number of halogens is 2. The standard InChI is InChI=1S/C12H14Cl2N2O2S/c13-9-2-1-3-10(14)12(9)19(17,18)16-5-4-8-6-15-7-11(8)16/h1-3,8,11,15H,4-7H2/t8-,11+/m0/s1. The summed E-state index contributed by atoms with van der Waals surface area (Å²) in [6.45, 7) is 2.12. The average Bonchev–Trinajstić information content (AvgIpc) is 2.88. The summed E-state index contributed by atoms with van der Waals surface area (Å²) in [6, 6.07) is 4.78. The van der Waals surface area contributed by atoms with E-state index in [0.29, 0.717) is 19.0 Å². The lowest BCUT2D eigenvalue weighted by molar-refractivity contribution is 0.383. The van der Waals surface area contributed by atoms with Crippen molar-refractivity contribution in [3.8, 4) is 0 Å². The maximum atomic E-state index is 12.7. The average molecular weight is 321 g/mol. The number of benzene rings is 1. The van der Waals surface area contributed by atoms with Gasteiger partial charge in [0.2, 0.25) is 10.0 Å². The van der Waals surface area contributed by atoms with E-state index >= 15 is 0 Å². The van der Waals surface area contributed by atoms with Crippen molar-refractivity contribution in [1.82, 2.24) is 9.62 Å². The van der Waals surface area contributed by atoms with Crippen molar-refractivity contribution in [3.05, 3.63) is 28.2 Å². The Bertz CT molecular complexity index is 585. The molecule has 0 radical (unpaired) electrons. The molecule has 19 heavy (non-hydrogen) atoms. The Balaban J connectivity index is 2.04. The smallest absolute Gasteiger partial charge is 0.246 e. The molecule has 2 atom stereocenters. The molecule has 0 aromatic heterocycles. The van der Waals surface area contributed by atoms with E-state index in [1.54, 1.807) is 22.5 Å². The van der Waals surface area contributed by atoms with Crippen LogP contribution < -0.4 is 5.32 Å². The van der Waals surface area contributed by atoms with Crippen LogP contribution in [0.4, 0.5) is 0 Å². The highest BCUT2D eigenvalue weighted by molar-refractivity contribution is 7.89. The normalized spacial score (nSPS) is 27.7. The number of hydrogen-bond donors (Lipinski definition) is 1. The maximum Gasteiger partial charge on any atom is 0.246 e. The summed E-state index contributed by atoms with van der Waals surface area (Å²) in [5, 5.41) is 3.60. The van der Waals surface area contributed by atoms with Gasteiger partial charge in [-0.05, 0) is 31.0 Å². The predicted molar refractivity (Wildman–Crippen MR) is 75.1 cm³/mol. The number of nitrogens with zero attached hydrogens (tertiary/aromatic N) is 1. The zero-order chi connectivity index (χ0) is 13.6. The zero-order valence-electron chi connectivity index (χ0n) is 10.1. The van der Waals surface area contributed by atoms with Crippen molar-refractivity contribution in [1.29, 1.82) is 0 Å². The number of nitrogens with one attached hydrogen (secondary N) is 1. The summed E-state index contributed by atoms with van der Waals surface area (Å²) < 4.78 is 27.0. The molecule has 2 saturated heterocycles. The third-order valence-electron chi connectivity index (χ3n) is 3.88. The van der Waals surface area contributed by atoms with Gasteiger partial charge in [-0.25, -0.2) is 8.42 Å². The van der Waals surface area contributed by atoms with Crippen LogP contribution in [0.3, 0.4) is 0 Å². The largest absolute Gasteiger partial charge is 0.315 e. The molecule has 2 heterocycles. The first-order chi connectivity index (χ1) is 9.01. The van der Waals surface area contributed by atoms with Crippen LogP contribution in [0.2, 0.25) is 10.0 Å². The molecular formula is C12H14Cl2N2O2S. The van der Waals surface area contributed by atoms with Gasteiger partial charge in [0.15, 0.2) is 0 Å². The van der Waals surface area contributed by atoms with Gasteiger partial charge in [-0.1, -0.05) is 29.3 Å². The molecule has 2 fully saturated rings. The Hall–Kier alpha value is -0.330. The van der Waals surface area contributed by atoms with E-state index in [0.717, 1.165) is 13.0 Å². The fraction of sp³-hybridized carbons (Fsp3) is 0.500. The van der Waals surface area contributed by atoms with Crippen LogP contribution in [0.1, 0.15) is 6.42 Å². The summed E-state index contributed by atoms with van der Waals surface area (Å²) in [4.78, 5) is 0.0332. The van der Waals surface area contributed by atoms with Crippen molar-refractivity contribution in [3.63, 3.8) is 0 Å². The fourth-order valence-corrected chi connectivity index (χ4v) is 5.75. The highest BCUT2D eigenvalue weighted by Crippen LogP contribution is 2.37. The topological polar surface area (TPSA) is 49.4 Å². The highest BCUT2D eigenvalue weighted by atomic mass is 35.5. The number of sulfonamides is 1. The minimum atomic E-state index is -3.62. The molecular weight excluding hydrogens is 307 g/mol. The summed E-state index contributed by atoms with van der Waals surface area (Å²) >= 11 is 12.1. The SMILES string of the molecule is O=S(=O)(c1c(Cl)cccc1Cl)N1CC[C@H]2CNC[C@H]21. The quantitative estimate of drug-likeness (QED) is 0.906. The van der Waals surface area contributed by atoms with Crippen molar-refractivity contribution < 1.29 is 8.42 Å². The van der Waals surface area contributed by atoms with Crippen molar-refractivity contribution in [2.75, 3.05) is 19.6 Å². The second-order valence-electron chi connectivity index (χ2n) is 4.94. The summed E-state index contributed by atoms with van der Waals surface area (Å²) in [5.74, 6) is 0.399. The Kier molecular flexibility index (Phi) is 3.52. The third kappa shape index (κ3) is 2.17. The lowest BCUT2D eigenvalue weighted by Crippen LogP contribution is -2.39. The Labute approximate surface area is 122 Å². The van der Waals surface area contributed by atoms with E-state index in [1.165, 1.54) is 0 Å². The first-order valence-electron chi connectivity index (χ1n) is 6.18. The van der Waals surface area contributed by atoms with Gasteiger partial charge >= 0.3 is 0 Å². The molecule has 104 valence electrons. The van der Waals surface area contributed by atoms with E-state index in [1.807, 2.05) is 0 Å². The minimum Gasteiger partial charge on any atom is -0.315 e. The lowest BCUT2D eigenvalue weighted by Gasteiger charge is -2.23. The Morgan fingerprint density at radius 3 is 2.58 bits per heavy atom. The molecule has 1 aromatic rings. The number of fused-ring (bicyclic) bond motifs is 1. The van der Waals surface area contributed by atoms with E-state index < -0.39 is 10.0 Å². The summed E-state index contributed by atoms with van der Waals surface area (Å²) in [6.07, 6.45) is 0.888. The molecule has 0 amide bonds. The molecule has 0 saturated carbocycles. The first kappa shape index (κ1) is 13.6. The molecule has 2 aliphatic rings. The molecule has 0 aliphatic carbocycles. The molecule has 1 aromatic carbocycles. The van der Waals surface area contributed by atoms with E-state index in [-0.39, 0.29) is 21.0 Å². The molecule has 0 unspecified atom stereocenters.